The molecule has 3 rings (SSSR count). The highest BCUT2D eigenvalue weighted by atomic mass is 35.5. The van der Waals surface area contributed by atoms with Crippen molar-refractivity contribution in [1.29, 1.82) is 0 Å². The second kappa shape index (κ2) is 5.79. The number of thiophene rings is 1. The van der Waals surface area contributed by atoms with Gasteiger partial charge in [-0.3, -0.25) is 4.79 Å². The average Bonchev–Trinajstić information content (AvgIpc) is 3.09. The van der Waals surface area contributed by atoms with Crippen molar-refractivity contribution in [3.05, 3.63) is 28.2 Å². The van der Waals surface area contributed by atoms with Crippen LogP contribution < -0.4 is 5.32 Å². The zero-order valence-corrected chi connectivity index (χ0v) is 13.4. The number of aromatic nitrogens is 1. The maximum absolute atomic E-state index is 12.6. The van der Waals surface area contributed by atoms with Crippen LogP contribution in [0.15, 0.2) is 22.7 Å². The van der Waals surface area contributed by atoms with E-state index in [2.05, 4.69) is 17.4 Å². The van der Waals surface area contributed by atoms with Gasteiger partial charge >= 0.3 is 0 Å². The number of amides is 1. The topological polar surface area (TPSA) is 58.4 Å². The Hall–Kier alpha value is -1.37. The van der Waals surface area contributed by atoms with Crippen molar-refractivity contribution in [1.82, 2.24) is 15.4 Å². The number of carbonyl (C=O) groups excluding carboxylic acids is 1. The zero-order chi connectivity index (χ0) is 15.0. The lowest BCUT2D eigenvalue weighted by Crippen LogP contribution is -2.57. The van der Waals surface area contributed by atoms with Crippen molar-refractivity contribution >= 4 is 28.8 Å². The maximum atomic E-state index is 12.6. The van der Waals surface area contributed by atoms with Gasteiger partial charge in [-0.25, -0.2) is 0 Å². The van der Waals surface area contributed by atoms with E-state index >= 15 is 0 Å². The molecule has 0 spiro atoms. The third-order valence-electron chi connectivity index (χ3n) is 3.84. The van der Waals surface area contributed by atoms with E-state index in [1.807, 2.05) is 17.9 Å². The summed E-state index contributed by atoms with van der Waals surface area (Å²) >= 11 is 7.31. The Morgan fingerprint density at radius 3 is 3.05 bits per heavy atom. The van der Waals surface area contributed by atoms with Crippen LogP contribution in [0.4, 0.5) is 0 Å². The summed E-state index contributed by atoms with van der Waals surface area (Å²) in [7, 11) is 0. The molecular weight excluding hydrogens is 310 g/mol. The van der Waals surface area contributed by atoms with Crippen LogP contribution in [-0.4, -0.2) is 41.1 Å². The standard InChI is InChI=1S/C14H16ClN3O2S/c1-8-9(2)18(6-5-16-8)14(19)10-7-11(20-17-10)12-3-4-13(15)21-12/h3-4,7-9,16H,5-6H2,1-2H3. The Balaban J connectivity index is 1.81. The summed E-state index contributed by atoms with van der Waals surface area (Å²) in [6, 6.07) is 5.74. The predicted octanol–water partition coefficient (Wildman–Crippen LogP) is 2.88. The van der Waals surface area contributed by atoms with Crippen LogP contribution in [0.2, 0.25) is 4.34 Å². The van der Waals surface area contributed by atoms with Crippen LogP contribution in [0.5, 0.6) is 0 Å². The molecule has 1 N–H and O–H groups in total. The minimum absolute atomic E-state index is 0.0893. The van der Waals surface area contributed by atoms with Crippen LogP contribution in [0.1, 0.15) is 24.3 Å². The summed E-state index contributed by atoms with van der Waals surface area (Å²) in [5.41, 5.74) is 0.343. The van der Waals surface area contributed by atoms with Gasteiger partial charge in [0.05, 0.1) is 9.21 Å². The van der Waals surface area contributed by atoms with Gasteiger partial charge in [-0.1, -0.05) is 16.8 Å². The third kappa shape index (κ3) is 2.84. The molecule has 1 aliphatic rings. The molecule has 0 radical (unpaired) electrons. The molecular formula is C14H16ClN3O2S. The van der Waals surface area contributed by atoms with Crippen molar-refractivity contribution in [2.75, 3.05) is 13.1 Å². The number of hydrogen-bond donors (Lipinski definition) is 1. The lowest BCUT2D eigenvalue weighted by Gasteiger charge is -2.38. The molecule has 0 saturated carbocycles. The number of nitrogens with one attached hydrogen (secondary N) is 1. The van der Waals surface area contributed by atoms with Crippen molar-refractivity contribution in [3.63, 3.8) is 0 Å². The SMILES string of the molecule is CC1NCCN(C(=O)c2cc(-c3ccc(Cl)s3)on2)C1C. The fourth-order valence-electron chi connectivity index (χ4n) is 2.43. The Labute approximate surface area is 131 Å². The van der Waals surface area contributed by atoms with Crippen LogP contribution in [0, 0.1) is 0 Å². The second-order valence-corrected chi connectivity index (χ2v) is 6.88. The zero-order valence-electron chi connectivity index (χ0n) is 11.8. The van der Waals surface area contributed by atoms with Gasteiger partial charge in [0.15, 0.2) is 11.5 Å². The van der Waals surface area contributed by atoms with Gasteiger partial charge in [0.1, 0.15) is 0 Å². The molecule has 3 heterocycles. The van der Waals surface area contributed by atoms with E-state index in [9.17, 15) is 4.79 Å². The Morgan fingerprint density at radius 2 is 2.33 bits per heavy atom. The Bertz CT molecular complexity index is 654. The van der Waals surface area contributed by atoms with Crippen LogP contribution in [0.25, 0.3) is 10.6 Å². The molecule has 7 heteroatoms. The molecule has 2 aromatic heterocycles. The van der Waals surface area contributed by atoms with E-state index in [-0.39, 0.29) is 18.0 Å². The predicted molar refractivity (Wildman–Crippen MR) is 82.8 cm³/mol. The van der Waals surface area contributed by atoms with Gasteiger partial charge in [0.2, 0.25) is 0 Å². The lowest BCUT2D eigenvalue weighted by atomic mass is 10.1. The smallest absolute Gasteiger partial charge is 0.276 e. The fraction of sp³-hybridized carbons (Fsp3) is 0.429. The first-order valence-electron chi connectivity index (χ1n) is 6.83. The maximum Gasteiger partial charge on any atom is 0.276 e. The Morgan fingerprint density at radius 1 is 1.52 bits per heavy atom. The van der Waals surface area contributed by atoms with Crippen molar-refractivity contribution in [2.24, 2.45) is 0 Å². The fourth-order valence-corrected chi connectivity index (χ4v) is 3.42. The van der Waals surface area contributed by atoms with E-state index in [1.54, 1.807) is 12.1 Å². The summed E-state index contributed by atoms with van der Waals surface area (Å²) in [6.45, 7) is 5.58. The van der Waals surface area contributed by atoms with E-state index in [0.717, 1.165) is 11.4 Å². The van der Waals surface area contributed by atoms with Gasteiger partial charge < -0.3 is 14.7 Å². The summed E-state index contributed by atoms with van der Waals surface area (Å²) in [5, 5.41) is 7.26. The summed E-state index contributed by atoms with van der Waals surface area (Å²) in [6.07, 6.45) is 0. The number of halogens is 1. The molecule has 1 saturated heterocycles. The second-order valence-electron chi connectivity index (χ2n) is 5.16. The van der Waals surface area contributed by atoms with E-state index in [1.165, 1.54) is 11.3 Å². The third-order valence-corrected chi connectivity index (χ3v) is 5.09. The summed E-state index contributed by atoms with van der Waals surface area (Å²) in [5.74, 6) is 0.486. The summed E-state index contributed by atoms with van der Waals surface area (Å²) in [4.78, 5) is 15.3. The number of piperazine rings is 1. The normalized spacial score (nSPS) is 22.5. The van der Waals surface area contributed by atoms with Gasteiger partial charge in [0.25, 0.3) is 5.91 Å². The van der Waals surface area contributed by atoms with Gasteiger partial charge in [-0.05, 0) is 26.0 Å². The molecule has 2 unspecified atom stereocenters. The molecule has 0 aliphatic carbocycles. The first-order valence-corrected chi connectivity index (χ1v) is 8.02. The molecule has 112 valence electrons. The van der Waals surface area contributed by atoms with E-state index in [0.29, 0.717) is 22.3 Å². The molecule has 2 aromatic rings. The molecule has 2 atom stereocenters. The number of nitrogens with zero attached hydrogens (tertiary/aromatic N) is 2. The minimum Gasteiger partial charge on any atom is -0.355 e. The van der Waals surface area contributed by atoms with Crippen molar-refractivity contribution in [2.45, 2.75) is 25.9 Å². The average molecular weight is 326 g/mol. The molecule has 0 bridgehead atoms. The first-order chi connectivity index (χ1) is 10.1. The first kappa shape index (κ1) is 14.6. The molecule has 1 aliphatic heterocycles. The molecule has 1 fully saturated rings. The number of hydrogen-bond acceptors (Lipinski definition) is 5. The van der Waals surface area contributed by atoms with Crippen LogP contribution in [0.3, 0.4) is 0 Å². The number of rotatable bonds is 2. The van der Waals surface area contributed by atoms with Crippen LogP contribution in [-0.2, 0) is 0 Å². The van der Waals surface area contributed by atoms with E-state index in [4.69, 9.17) is 16.1 Å². The highest BCUT2D eigenvalue weighted by Gasteiger charge is 2.30. The number of carbonyl (C=O) groups is 1. The van der Waals surface area contributed by atoms with Gasteiger partial charge in [-0.15, -0.1) is 11.3 Å². The monoisotopic (exact) mass is 325 g/mol. The minimum atomic E-state index is -0.0893. The van der Waals surface area contributed by atoms with Crippen molar-refractivity contribution in [3.8, 4) is 10.6 Å². The highest BCUT2D eigenvalue weighted by molar-refractivity contribution is 7.19. The Kier molecular flexibility index (Phi) is 4.01. The van der Waals surface area contributed by atoms with Crippen molar-refractivity contribution < 1.29 is 9.32 Å². The van der Waals surface area contributed by atoms with Gasteiger partial charge in [0, 0.05) is 31.2 Å². The quantitative estimate of drug-likeness (QED) is 0.922. The van der Waals surface area contributed by atoms with E-state index < -0.39 is 0 Å². The summed E-state index contributed by atoms with van der Waals surface area (Å²) < 4.78 is 5.96. The lowest BCUT2D eigenvalue weighted by molar-refractivity contribution is 0.0592. The molecule has 0 aromatic carbocycles. The molecule has 1 amide bonds. The highest BCUT2D eigenvalue weighted by Crippen LogP contribution is 2.31. The molecule has 21 heavy (non-hydrogen) atoms. The molecule has 5 nitrogen and oxygen atoms in total. The van der Waals surface area contributed by atoms with Gasteiger partial charge in [-0.2, -0.15) is 0 Å². The largest absolute Gasteiger partial charge is 0.355 e. The van der Waals surface area contributed by atoms with Crippen LogP contribution >= 0.6 is 22.9 Å².